The predicted octanol–water partition coefficient (Wildman–Crippen LogP) is 2.35. The molecule has 0 saturated carbocycles. The summed E-state index contributed by atoms with van der Waals surface area (Å²) in [5.41, 5.74) is 0.886. The second kappa shape index (κ2) is 8.08. The van der Waals surface area contributed by atoms with Crippen LogP contribution in [0.4, 0.5) is 0 Å². The smallest absolute Gasteiger partial charge is 0.249 e. The molecule has 0 radical (unpaired) electrons. The number of allylic oxidation sites excluding steroid dienone is 1. The maximum absolute atomic E-state index is 12.3. The van der Waals surface area contributed by atoms with Crippen LogP contribution in [0.5, 0.6) is 0 Å². The van der Waals surface area contributed by atoms with E-state index in [1.165, 1.54) is 0 Å². The van der Waals surface area contributed by atoms with Gasteiger partial charge in [0.25, 0.3) is 0 Å². The molecule has 0 aliphatic carbocycles. The van der Waals surface area contributed by atoms with Crippen molar-refractivity contribution in [3.63, 3.8) is 0 Å². The Bertz CT molecular complexity index is 375. The Morgan fingerprint density at radius 1 is 1.40 bits per heavy atom. The summed E-state index contributed by atoms with van der Waals surface area (Å²) in [6, 6.07) is 0. The van der Waals surface area contributed by atoms with E-state index < -0.39 is 0 Å². The van der Waals surface area contributed by atoms with E-state index in [1.807, 2.05) is 38.7 Å². The molecule has 0 aromatic rings. The number of rotatable bonds is 5. The first-order chi connectivity index (χ1) is 9.49. The Morgan fingerprint density at radius 2 is 2.10 bits per heavy atom. The molecule has 0 spiro atoms. The molecule has 0 unspecified atom stereocenters. The molecule has 1 atom stereocenters. The molecule has 2 amide bonds. The van der Waals surface area contributed by atoms with Gasteiger partial charge in [-0.1, -0.05) is 26.8 Å². The van der Waals surface area contributed by atoms with Crippen molar-refractivity contribution >= 4 is 11.8 Å². The molecule has 1 aliphatic heterocycles. The highest BCUT2D eigenvalue weighted by atomic mass is 16.2. The van der Waals surface area contributed by atoms with E-state index in [4.69, 9.17) is 0 Å². The Balaban J connectivity index is 2.50. The van der Waals surface area contributed by atoms with E-state index in [2.05, 4.69) is 5.32 Å². The van der Waals surface area contributed by atoms with E-state index in [0.717, 1.165) is 37.9 Å². The third-order valence-electron chi connectivity index (χ3n) is 3.90. The van der Waals surface area contributed by atoms with E-state index >= 15 is 0 Å². The first-order valence-corrected chi connectivity index (χ1v) is 7.71. The topological polar surface area (TPSA) is 49.4 Å². The van der Waals surface area contributed by atoms with Crippen molar-refractivity contribution in [1.82, 2.24) is 10.2 Å². The molecule has 1 aliphatic rings. The lowest BCUT2D eigenvalue weighted by molar-refractivity contribution is -0.129. The van der Waals surface area contributed by atoms with Crippen molar-refractivity contribution in [2.75, 3.05) is 19.6 Å². The van der Waals surface area contributed by atoms with Gasteiger partial charge in [-0.05, 0) is 32.1 Å². The molecule has 0 bridgehead atoms. The summed E-state index contributed by atoms with van der Waals surface area (Å²) in [4.78, 5) is 25.9. The number of likely N-dealkylation sites (tertiary alicyclic amines) is 1. The molecule has 20 heavy (non-hydrogen) atoms. The quantitative estimate of drug-likeness (QED) is 0.786. The lowest BCUT2D eigenvalue weighted by atomic mass is 9.96. The minimum Gasteiger partial charge on any atom is -0.356 e. The van der Waals surface area contributed by atoms with Crippen LogP contribution in [0.2, 0.25) is 0 Å². The van der Waals surface area contributed by atoms with E-state index in [0.29, 0.717) is 12.5 Å². The van der Waals surface area contributed by atoms with E-state index in [-0.39, 0.29) is 17.7 Å². The Kier molecular flexibility index (Phi) is 6.76. The van der Waals surface area contributed by atoms with Gasteiger partial charge in [-0.25, -0.2) is 0 Å². The number of hydrogen-bond acceptors (Lipinski definition) is 2. The zero-order valence-corrected chi connectivity index (χ0v) is 13.2. The third-order valence-corrected chi connectivity index (χ3v) is 3.90. The van der Waals surface area contributed by atoms with Crippen molar-refractivity contribution in [1.29, 1.82) is 0 Å². The second-order valence-corrected chi connectivity index (χ2v) is 5.83. The molecule has 1 saturated heterocycles. The third kappa shape index (κ3) is 4.66. The minimum atomic E-state index is 0.0195. The minimum absolute atomic E-state index is 0.0195. The molecule has 1 rings (SSSR count). The fourth-order valence-electron chi connectivity index (χ4n) is 2.55. The van der Waals surface area contributed by atoms with Crippen molar-refractivity contribution in [3.8, 4) is 0 Å². The van der Waals surface area contributed by atoms with Gasteiger partial charge in [-0.3, -0.25) is 9.59 Å². The monoisotopic (exact) mass is 280 g/mol. The largest absolute Gasteiger partial charge is 0.356 e. The summed E-state index contributed by atoms with van der Waals surface area (Å²) in [6.45, 7) is 9.99. The summed E-state index contributed by atoms with van der Waals surface area (Å²) in [5, 5.41) is 2.98. The predicted molar refractivity (Wildman–Crippen MR) is 81.2 cm³/mol. The standard InChI is InChI=1S/C16H28N2O2/c1-5-14(6-2)16(20)18-9-7-8-13(11-18)10-17-15(19)12(3)4/h5,12-13H,6-11H2,1-4H3,(H,17,19)/b14-5-/t13-/m0/s1. The Labute approximate surface area is 122 Å². The maximum atomic E-state index is 12.3. The summed E-state index contributed by atoms with van der Waals surface area (Å²) < 4.78 is 0. The zero-order chi connectivity index (χ0) is 15.1. The first-order valence-electron chi connectivity index (χ1n) is 7.71. The molecule has 0 aromatic carbocycles. The molecule has 1 N–H and O–H groups in total. The van der Waals surface area contributed by atoms with Gasteiger partial charge in [0.05, 0.1) is 0 Å². The van der Waals surface area contributed by atoms with Crippen LogP contribution >= 0.6 is 0 Å². The van der Waals surface area contributed by atoms with Gasteiger partial charge in [0.2, 0.25) is 11.8 Å². The van der Waals surface area contributed by atoms with Gasteiger partial charge in [0, 0.05) is 31.1 Å². The average molecular weight is 280 g/mol. The van der Waals surface area contributed by atoms with Gasteiger partial charge in [0.15, 0.2) is 0 Å². The average Bonchev–Trinajstić information content (AvgIpc) is 2.46. The van der Waals surface area contributed by atoms with Gasteiger partial charge < -0.3 is 10.2 Å². The molecule has 1 heterocycles. The van der Waals surface area contributed by atoms with Crippen LogP contribution < -0.4 is 5.32 Å². The van der Waals surface area contributed by atoms with Crippen molar-refractivity contribution in [3.05, 3.63) is 11.6 Å². The van der Waals surface area contributed by atoms with E-state index in [1.54, 1.807) is 0 Å². The number of carbonyl (C=O) groups excluding carboxylic acids is 2. The van der Waals surface area contributed by atoms with Crippen LogP contribution in [-0.4, -0.2) is 36.3 Å². The first kappa shape index (κ1) is 16.7. The highest BCUT2D eigenvalue weighted by Gasteiger charge is 2.25. The van der Waals surface area contributed by atoms with Crippen LogP contribution in [0.1, 0.15) is 47.0 Å². The zero-order valence-electron chi connectivity index (χ0n) is 13.2. The van der Waals surface area contributed by atoms with Crippen LogP contribution in [0.25, 0.3) is 0 Å². The molecular formula is C16H28N2O2. The van der Waals surface area contributed by atoms with Crippen LogP contribution in [0, 0.1) is 11.8 Å². The van der Waals surface area contributed by atoms with Crippen molar-refractivity contribution < 1.29 is 9.59 Å². The van der Waals surface area contributed by atoms with Gasteiger partial charge in [0.1, 0.15) is 0 Å². The molecule has 0 aromatic heterocycles. The van der Waals surface area contributed by atoms with Gasteiger partial charge in [-0.15, -0.1) is 0 Å². The van der Waals surface area contributed by atoms with Crippen LogP contribution in [0.3, 0.4) is 0 Å². The molecule has 4 nitrogen and oxygen atoms in total. The molecule has 114 valence electrons. The summed E-state index contributed by atoms with van der Waals surface area (Å²) in [5.74, 6) is 0.655. The summed E-state index contributed by atoms with van der Waals surface area (Å²) >= 11 is 0. The lowest BCUT2D eigenvalue weighted by Gasteiger charge is -2.33. The van der Waals surface area contributed by atoms with Crippen molar-refractivity contribution in [2.24, 2.45) is 11.8 Å². The summed E-state index contributed by atoms with van der Waals surface area (Å²) in [6.07, 6.45) is 4.79. The number of nitrogens with zero attached hydrogens (tertiary/aromatic N) is 1. The van der Waals surface area contributed by atoms with Crippen LogP contribution in [-0.2, 0) is 9.59 Å². The normalized spacial score (nSPS) is 20.1. The highest BCUT2D eigenvalue weighted by Crippen LogP contribution is 2.18. The van der Waals surface area contributed by atoms with Crippen LogP contribution in [0.15, 0.2) is 11.6 Å². The molecule has 1 fully saturated rings. The number of carbonyl (C=O) groups is 2. The number of nitrogens with one attached hydrogen (secondary N) is 1. The van der Waals surface area contributed by atoms with Gasteiger partial charge >= 0.3 is 0 Å². The number of piperidine rings is 1. The SMILES string of the molecule is C/C=C(/CC)C(=O)N1CCC[C@@H](CNC(=O)C(C)C)C1. The summed E-state index contributed by atoms with van der Waals surface area (Å²) in [7, 11) is 0. The Morgan fingerprint density at radius 3 is 2.65 bits per heavy atom. The number of amides is 2. The second-order valence-electron chi connectivity index (χ2n) is 5.83. The van der Waals surface area contributed by atoms with E-state index in [9.17, 15) is 9.59 Å². The highest BCUT2D eigenvalue weighted by molar-refractivity contribution is 5.93. The van der Waals surface area contributed by atoms with Gasteiger partial charge in [-0.2, -0.15) is 0 Å². The fraction of sp³-hybridized carbons (Fsp3) is 0.750. The lowest BCUT2D eigenvalue weighted by Crippen LogP contribution is -2.44. The molecular weight excluding hydrogens is 252 g/mol. The fourth-order valence-corrected chi connectivity index (χ4v) is 2.55. The maximum Gasteiger partial charge on any atom is 0.249 e. The molecule has 4 heteroatoms. The van der Waals surface area contributed by atoms with Crippen molar-refractivity contribution in [2.45, 2.75) is 47.0 Å². The number of hydrogen-bond donors (Lipinski definition) is 1. The Hall–Kier alpha value is -1.32.